The topological polar surface area (TPSA) is 72.0 Å². The molecule has 1 N–H and O–H groups in total. The van der Waals surface area contributed by atoms with Crippen LogP contribution in [0.1, 0.15) is 34.7 Å². The van der Waals surface area contributed by atoms with Crippen molar-refractivity contribution < 1.29 is 4.52 Å². The third kappa shape index (κ3) is 3.90. The third-order valence-electron chi connectivity index (χ3n) is 5.06. The summed E-state index contributed by atoms with van der Waals surface area (Å²) in [4.78, 5) is 6.91. The lowest BCUT2D eigenvalue weighted by Crippen LogP contribution is -2.44. The first kappa shape index (κ1) is 19.5. The molecule has 1 aliphatic heterocycles. The molecule has 1 aliphatic rings. The highest BCUT2D eigenvalue weighted by atomic mass is 35.5. The van der Waals surface area contributed by atoms with Crippen LogP contribution in [0.3, 0.4) is 0 Å². The van der Waals surface area contributed by atoms with Crippen LogP contribution in [0.15, 0.2) is 34.9 Å². The highest BCUT2D eigenvalue weighted by Gasteiger charge is 2.25. The fraction of sp³-hybridized carbons (Fsp3) is 0.421. The van der Waals surface area contributed by atoms with Gasteiger partial charge in [-0.25, -0.2) is 4.68 Å². The lowest BCUT2D eigenvalue weighted by Gasteiger charge is -2.30. The molecule has 0 amide bonds. The lowest BCUT2D eigenvalue weighted by atomic mass is 10.1. The Morgan fingerprint density at radius 2 is 2.00 bits per heavy atom. The Hall–Kier alpha value is -2.22. The largest absolute Gasteiger partial charge is 0.339 e. The van der Waals surface area contributed by atoms with E-state index in [1.807, 2.05) is 29.8 Å². The summed E-state index contributed by atoms with van der Waals surface area (Å²) in [5.41, 5.74) is 4.28. The van der Waals surface area contributed by atoms with E-state index in [0.717, 1.165) is 48.1 Å². The van der Waals surface area contributed by atoms with Gasteiger partial charge in [0.15, 0.2) is 5.82 Å². The maximum absolute atomic E-state index is 5.54. The summed E-state index contributed by atoms with van der Waals surface area (Å²) in [5.74, 6) is 1.39. The molecule has 0 radical (unpaired) electrons. The molecule has 27 heavy (non-hydrogen) atoms. The van der Waals surface area contributed by atoms with Gasteiger partial charge in [-0.2, -0.15) is 10.1 Å². The summed E-state index contributed by atoms with van der Waals surface area (Å²) in [6.45, 7) is 6.93. The summed E-state index contributed by atoms with van der Waals surface area (Å²) in [5, 5.41) is 12.3. The standard InChI is InChI=1S/C19H24N6O.ClH/c1-13-16(14(2)25(22-13)15-7-5-4-6-8-15)11-18-21-19(23-26-18)17-12-20-9-10-24(17)3;/h4-8,17,20H,9-12H2,1-3H3;1H. The van der Waals surface area contributed by atoms with E-state index in [1.54, 1.807) is 0 Å². The van der Waals surface area contributed by atoms with E-state index >= 15 is 0 Å². The molecular weight excluding hydrogens is 364 g/mol. The molecule has 4 rings (SSSR count). The van der Waals surface area contributed by atoms with Gasteiger partial charge >= 0.3 is 0 Å². The van der Waals surface area contributed by atoms with Gasteiger partial charge in [0.05, 0.1) is 23.8 Å². The Bertz CT molecular complexity index is 891. The Morgan fingerprint density at radius 1 is 1.22 bits per heavy atom. The Morgan fingerprint density at radius 3 is 2.74 bits per heavy atom. The SMILES string of the molecule is Cc1nn(-c2ccccc2)c(C)c1Cc1nc(C2CNCCN2C)no1.Cl. The van der Waals surface area contributed by atoms with Crippen molar-refractivity contribution in [2.45, 2.75) is 26.3 Å². The summed E-state index contributed by atoms with van der Waals surface area (Å²) in [6.07, 6.45) is 0.599. The smallest absolute Gasteiger partial charge is 0.231 e. The molecule has 1 unspecified atom stereocenters. The van der Waals surface area contributed by atoms with Crippen LogP contribution in [0.25, 0.3) is 5.69 Å². The van der Waals surface area contributed by atoms with Gasteiger partial charge in [0.2, 0.25) is 5.89 Å². The number of halogens is 1. The number of nitrogens with zero attached hydrogens (tertiary/aromatic N) is 5. The molecule has 8 heteroatoms. The van der Waals surface area contributed by atoms with E-state index in [0.29, 0.717) is 12.3 Å². The van der Waals surface area contributed by atoms with Crippen molar-refractivity contribution in [3.05, 3.63) is 59.0 Å². The number of nitrogens with one attached hydrogen (secondary N) is 1. The number of rotatable bonds is 4. The summed E-state index contributed by atoms with van der Waals surface area (Å²) in [6, 6.07) is 10.3. The van der Waals surface area contributed by atoms with Crippen LogP contribution < -0.4 is 5.32 Å². The van der Waals surface area contributed by atoms with Crippen molar-refractivity contribution in [3.8, 4) is 5.69 Å². The monoisotopic (exact) mass is 388 g/mol. The predicted molar refractivity (Wildman–Crippen MR) is 106 cm³/mol. The minimum absolute atomic E-state index is 0. The number of likely N-dealkylation sites (N-methyl/N-ethyl adjacent to an activating group) is 1. The Balaban J connectivity index is 0.00000210. The maximum atomic E-state index is 5.54. The zero-order chi connectivity index (χ0) is 18.1. The molecule has 7 nitrogen and oxygen atoms in total. The molecule has 3 heterocycles. The van der Waals surface area contributed by atoms with Crippen molar-refractivity contribution in [1.29, 1.82) is 0 Å². The second-order valence-electron chi connectivity index (χ2n) is 6.82. The molecule has 3 aromatic rings. The fourth-order valence-electron chi connectivity index (χ4n) is 3.47. The number of piperazine rings is 1. The van der Waals surface area contributed by atoms with Crippen LogP contribution in [0.5, 0.6) is 0 Å². The van der Waals surface area contributed by atoms with Crippen molar-refractivity contribution in [2.24, 2.45) is 0 Å². The molecule has 0 aliphatic carbocycles. The van der Waals surface area contributed by atoms with Gasteiger partial charge in [-0.3, -0.25) is 4.90 Å². The van der Waals surface area contributed by atoms with Crippen molar-refractivity contribution >= 4 is 12.4 Å². The van der Waals surface area contributed by atoms with E-state index in [4.69, 9.17) is 9.62 Å². The predicted octanol–water partition coefficient (Wildman–Crippen LogP) is 2.46. The van der Waals surface area contributed by atoms with Crippen molar-refractivity contribution in [2.75, 3.05) is 26.7 Å². The lowest BCUT2D eigenvalue weighted by molar-refractivity contribution is 0.190. The van der Waals surface area contributed by atoms with Crippen LogP contribution in [0, 0.1) is 13.8 Å². The molecule has 144 valence electrons. The summed E-state index contributed by atoms with van der Waals surface area (Å²) >= 11 is 0. The van der Waals surface area contributed by atoms with E-state index in [2.05, 4.69) is 46.5 Å². The average Bonchev–Trinajstić information content (AvgIpc) is 3.23. The van der Waals surface area contributed by atoms with Gasteiger partial charge in [0, 0.05) is 30.9 Å². The first-order chi connectivity index (χ1) is 12.6. The first-order valence-electron chi connectivity index (χ1n) is 8.97. The zero-order valence-electron chi connectivity index (χ0n) is 15.8. The third-order valence-corrected chi connectivity index (χ3v) is 5.06. The summed E-state index contributed by atoms with van der Waals surface area (Å²) < 4.78 is 7.52. The average molecular weight is 389 g/mol. The van der Waals surface area contributed by atoms with Gasteiger partial charge in [0.1, 0.15) is 0 Å². The highest BCUT2D eigenvalue weighted by Crippen LogP contribution is 2.22. The quantitative estimate of drug-likeness (QED) is 0.740. The molecule has 1 atom stereocenters. The molecular formula is C19H25ClN6O. The highest BCUT2D eigenvalue weighted by molar-refractivity contribution is 5.85. The van der Waals surface area contributed by atoms with E-state index in [1.165, 1.54) is 0 Å². The number of benzene rings is 1. The second-order valence-corrected chi connectivity index (χ2v) is 6.82. The number of para-hydroxylation sites is 1. The normalized spacial score (nSPS) is 17.7. The van der Waals surface area contributed by atoms with Crippen LogP contribution >= 0.6 is 12.4 Å². The van der Waals surface area contributed by atoms with Crippen LogP contribution in [-0.2, 0) is 6.42 Å². The van der Waals surface area contributed by atoms with Gasteiger partial charge < -0.3 is 9.84 Å². The molecule has 1 saturated heterocycles. The van der Waals surface area contributed by atoms with Crippen molar-refractivity contribution in [3.63, 3.8) is 0 Å². The van der Waals surface area contributed by atoms with E-state index < -0.39 is 0 Å². The summed E-state index contributed by atoms with van der Waals surface area (Å²) in [7, 11) is 2.10. The van der Waals surface area contributed by atoms with Gasteiger partial charge in [-0.05, 0) is 33.0 Å². The van der Waals surface area contributed by atoms with Crippen LogP contribution in [0.4, 0.5) is 0 Å². The molecule has 0 bridgehead atoms. The second kappa shape index (κ2) is 8.21. The van der Waals surface area contributed by atoms with Gasteiger partial charge in [-0.1, -0.05) is 23.4 Å². The minimum atomic E-state index is 0. The zero-order valence-corrected chi connectivity index (χ0v) is 16.7. The first-order valence-corrected chi connectivity index (χ1v) is 8.97. The molecule has 2 aromatic heterocycles. The van der Waals surface area contributed by atoms with E-state index in [-0.39, 0.29) is 18.4 Å². The van der Waals surface area contributed by atoms with E-state index in [9.17, 15) is 0 Å². The fourth-order valence-corrected chi connectivity index (χ4v) is 3.47. The number of aromatic nitrogens is 4. The number of hydrogen-bond acceptors (Lipinski definition) is 6. The molecule has 0 saturated carbocycles. The molecule has 1 aromatic carbocycles. The number of aryl methyl sites for hydroxylation is 1. The van der Waals surface area contributed by atoms with Gasteiger partial charge in [0.25, 0.3) is 0 Å². The Labute approximate surface area is 165 Å². The van der Waals surface area contributed by atoms with Gasteiger partial charge in [-0.15, -0.1) is 12.4 Å². The number of hydrogen-bond donors (Lipinski definition) is 1. The minimum Gasteiger partial charge on any atom is -0.339 e. The van der Waals surface area contributed by atoms with Crippen LogP contribution in [-0.4, -0.2) is 51.5 Å². The Kier molecular flexibility index (Phi) is 5.94. The molecule has 0 spiro atoms. The van der Waals surface area contributed by atoms with Crippen LogP contribution in [0.2, 0.25) is 0 Å². The molecule has 1 fully saturated rings. The van der Waals surface area contributed by atoms with Crippen molar-refractivity contribution in [1.82, 2.24) is 30.1 Å². The maximum Gasteiger partial charge on any atom is 0.231 e.